The maximum atomic E-state index is 12.3. The van der Waals surface area contributed by atoms with Crippen LogP contribution >= 0.6 is 0 Å². The van der Waals surface area contributed by atoms with Crippen LogP contribution in [0.1, 0.15) is 5.56 Å². The van der Waals surface area contributed by atoms with Gasteiger partial charge in [-0.25, -0.2) is 0 Å². The molecule has 2 aromatic carbocycles. The van der Waals surface area contributed by atoms with Crippen molar-refractivity contribution >= 4 is 23.4 Å². The second-order valence-electron chi connectivity index (χ2n) is 6.10. The highest BCUT2D eigenvalue weighted by molar-refractivity contribution is 6.41. The number of benzene rings is 2. The van der Waals surface area contributed by atoms with Crippen molar-refractivity contribution in [3.8, 4) is 0 Å². The Bertz CT molecular complexity index is 777. The van der Waals surface area contributed by atoms with Gasteiger partial charge in [-0.2, -0.15) is 0 Å². The maximum Gasteiger partial charge on any atom is 0.316 e. The average Bonchev–Trinajstić information content (AvgIpc) is 2.67. The first-order valence-electron chi connectivity index (χ1n) is 8.61. The van der Waals surface area contributed by atoms with Crippen LogP contribution < -0.4 is 10.2 Å². The van der Waals surface area contributed by atoms with Crippen molar-refractivity contribution in [1.82, 2.24) is 10.2 Å². The van der Waals surface area contributed by atoms with Crippen molar-refractivity contribution in [1.29, 1.82) is 0 Å². The fraction of sp³-hybridized carbons (Fsp3) is 0.250. The molecular formula is C20H21N3O3. The molecule has 0 bridgehead atoms. The van der Waals surface area contributed by atoms with Crippen LogP contribution in [-0.2, 0) is 20.8 Å². The summed E-state index contributed by atoms with van der Waals surface area (Å²) in [5.74, 6) is -1.49. The van der Waals surface area contributed by atoms with Crippen molar-refractivity contribution in [2.75, 3.05) is 31.1 Å². The number of hydrogen-bond donors (Lipinski definition) is 1. The van der Waals surface area contributed by atoms with Crippen molar-refractivity contribution < 1.29 is 14.4 Å². The molecule has 1 heterocycles. The van der Waals surface area contributed by atoms with Crippen LogP contribution in [0.15, 0.2) is 60.7 Å². The summed E-state index contributed by atoms with van der Waals surface area (Å²) in [5, 5.41) is 2.80. The molecule has 2 aromatic rings. The third kappa shape index (κ3) is 4.27. The summed E-state index contributed by atoms with van der Waals surface area (Å²) >= 11 is 0. The molecular weight excluding hydrogens is 330 g/mol. The van der Waals surface area contributed by atoms with Gasteiger partial charge in [-0.3, -0.25) is 14.4 Å². The predicted octanol–water partition coefficient (Wildman–Crippen LogP) is 1.22. The molecule has 0 aliphatic carbocycles. The summed E-state index contributed by atoms with van der Waals surface area (Å²) in [7, 11) is 0. The molecule has 134 valence electrons. The Hall–Kier alpha value is -3.15. The van der Waals surface area contributed by atoms with Crippen molar-refractivity contribution in [3.63, 3.8) is 0 Å². The highest BCUT2D eigenvalue weighted by atomic mass is 16.2. The number of carbonyl (C=O) groups excluding carboxylic acids is 3. The fourth-order valence-electron chi connectivity index (χ4n) is 2.90. The SMILES string of the molecule is O=C(CN1CCN(c2ccccc2)C(=O)C1=O)NCCc1ccccc1. The van der Waals surface area contributed by atoms with Gasteiger partial charge in [0.15, 0.2) is 0 Å². The van der Waals surface area contributed by atoms with E-state index < -0.39 is 11.8 Å². The smallest absolute Gasteiger partial charge is 0.316 e. The molecule has 1 aliphatic heterocycles. The second kappa shape index (κ2) is 8.29. The summed E-state index contributed by atoms with van der Waals surface area (Å²) in [6.45, 7) is 1.12. The first-order valence-corrected chi connectivity index (χ1v) is 8.61. The third-order valence-electron chi connectivity index (χ3n) is 4.29. The number of piperazine rings is 1. The number of para-hydroxylation sites is 1. The molecule has 0 saturated carbocycles. The number of nitrogens with one attached hydrogen (secondary N) is 1. The van der Waals surface area contributed by atoms with E-state index in [0.717, 1.165) is 12.0 Å². The highest BCUT2D eigenvalue weighted by Crippen LogP contribution is 2.17. The lowest BCUT2D eigenvalue weighted by molar-refractivity contribution is -0.147. The summed E-state index contributed by atoms with van der Waals surface area (Å²) in [6.07, 6.45) is 0.723. The number of amides is 3. The Labute approximate surface area is 152 Å². The Kier molecular flexibility index (Phi) is 5.63. The molecule has 26 heavy (non-hydrogen) atoms. The lowest BCUT2D eigenvalue weighted by Gasteiger charge is -2.33. The molecule has 0 spiro atoms. The van der Waals surface area contributed by atoms with E-state index in [-0.39, 0.29) is 12.5 Å². The summed E-state index contributed by atoms with van der Waals surface area (Å²) < 4.78 is 0. The second-order valence-corrected chi connectivity index (χ2v) is 6.10. The molecule has 0 radical (unpaired) electrons. The quantitative estimate of drug-likeness (QED) is 0.796. The van der Waals surface area contributed by atoms with E-state index in [4.69, 9.17) is 0 Å². The van der Waals surface area contributed by atoms with Gasteiger partial charge in [-0.05, 0) is 24.1 Å². The van der Waals surface area contributed by atoms with Crippen LogP contribution in [-0.4, -0.2) is 48.8 Å². The largest absolute Gasteiger partial charge is 0.354 e. The zero-order valence-electron chi connectivity index (χ0n) is 14.4. The molecule has 3 amide bonds. The molecule has 1 aliphatic rings. The van der Waals surface area contributed by atoms with E-state index in [9.17, 15) is 14.4 Å². The Morgan fingerprint density at radius 1 is 0.885 bits per heavy atom. The van der Waals surface area contributed by atoms with E-state index in [1.165, 1.54) is 9.80 Å². The normalized spacial score (nSPS) is 14.5. The molecule has 6 nitrogen and oxygen atoms in total. The number of nitrogens with zero attached hydrogens (tertiary/aromatic N) is 2. The fourth-order valence-corrected chi connectivity index (χ4v) is 2.90. The van der Waals surface area contributed by atoms with Crippen molar-refractivity contribution in [2.24, 2.45) is 0 Å². The molecule has 0 atom stereocenters. The van der Waals surface area contributed by atoms with Gasteiger partial charge in [0.2, 0.25) is 5.91 Å². The van der Waals surface area contributed by atoms with E-state index in [2.05, 4.69) is 5.32 Å². The highest BCUT2D eigenvalue weighted by Gasteiger charge is 2.34. The van der Waals surface area contributed by atoms with E-state index >= 15 is 0 Å². The Balaban J connectivity index is 1.49. The zero-order chi connectivity index (χ0) is 18.4. The number of carbonyl (C=O) groups is 3. The van der Waals surface area contributed by atoms with Gasteiger partial charge in [0.25, 0.3) is 0 Å². The minimum Gasteiger partial charge on any atom is -0.354 e. The van der Waals surface area contributed by atoms with Crippen molar-refractivity contribution in [2.45, 2.75) is 6.42 Å². The summed E-state index contributed by atoms with van der Waals surface area (Å²) in [5.41, 5.74) is 1.83. The summed E-state index contributed by atoms with van der Waals surface area (Å²) in [4.78, 5) is 39.4. The van der Waals surface area contributed by atoms with Crippen LogP contribution in [0.5, 0.6) is 0 Å². The van der Waals surface area contributed by atoms with Gasteiger partial charge in [0.1, 0.15) is 6.54 Å². The number of anilines is 1. The van der Waals surface area contributed by atoms with Gasteiger partial charge < -0.3 is 15.1 Å². The van der Waals surface area contributed by atoms with Gasteiger partial charge >= 0.3 is 11.8 Å². The Morgan fingerprint density at radius 3 is 2.23 bits per heavy atom. The van der Waals surface area contributed by atoms with Crippen LogP contribution in [0.3, 0.4) is 0 Å². The third-order valence-corrected chi connectivity index (χ3v) is 4.29. The zero-order valence-corrected chi connectivity index (χ0v) is 14.4. The molecule has 1 fully saturated rings. The van der Waals surface area contributed by atoms with E-state index in [1.807, 2.05) is 48.5 Å². The van der Waals surface area contributed by atoms with E-state index in [1.54, 1.807) is 12.1 Å². The van der Waals surface area contributed by atoms with Crippen LogP contribution in [0.25, 0.3) is 0 Å². The van der Waals surface area contributed by atoms with Crippen LogP contribution in [0.4, 0.5) is 5.69 Å². The topological polar surface area (TPSA) is 69.7 Å². The lowest BCUT2D eigenvalue weighted by Crippen LogP contribution is -2.56. The summed E-state index contributed by atoms with van der Waals surface area (Å²) in [6, 6.07) is 18.9. The Morgan fingerprint density at radius 2 is 1.54 bits per heavy atom. The first kappa shape index (κ1) is 17.7. The van der Waals surface area contributed by atoms with Gasteiger partial charge in [-0.15, -0.1) is 0 Å². The lowest BCUT2D eigenvalue weighted by atomic mass is 10.1. The standard InChI is InChI=1S/C20H21N3O3/c24-18(21-12-11-16-7-3-1-4-8-16)15-22-13-14-23(20(26)19(22)25)17-9-5-2-6-10-17/h1-10H,11-15H2,(H,21,24). The van der Waals surface area contributed by atoms with Crippen LogP contribution in [0.2, 0.25) is 0 Å². The molecule has 6 heteroatoms. The first-order chi connectivity index (χ1) is 12.6. The predicted molar refractivity (Wildman–Crippen MR) is 98.5 cm³/mol. The monoisotopic (exact) mass is 351 g/mol. The minimum absolute atomic E-state index is 0.0952. The van der Waals surface area contributed by atoms with Gasteiger partial charge in [0.05, 0.1) is 0 Å². The molecule has 1 saturated heterocycles. The number of rotatable bonds is 6. The minimum atomic E-state index is -0.640. The van der Waals surface area contributed by atoms with Gasteiger partial charge in [-0.1, -0.05) is 48.5 Å². The van der Waals surface area contributed by atoms with Gasteiger partial charge in [0, 0.05) is 25.3 Å². The molecule has 1 N–H and O–H groups in total. The molecule has 0 aromatic heterocycles. The number of hydrogen-bond acceptors (Lipinski definition) is 3. The maximum absolute atomic E-state index is 12.3. The molecule has 3 rings (SSSR count). The van der Waals surface area contributed by atoms with E-state index in [0.29, 0.717) is 25.3 Å². The van der Waals surface area contributed by atoms with Crippen molar-refractivity contribution in [3.05, 3.63) is 66.2 Å². The van der Waals surface area contributed by atoms with Crippen LogP contribution in [0, 0.1) is 0 Å². The molecule has 0 unspecified atom stereocenters. The average molecular weight is 351 g/mol.